The number of rotatable bonds is 4. The summed E-state index contributed by atoms with van der Waals surface area (Å²) < 4.78 is 11.0. The van der Waals surface area contributed by atoms with E-state index in [2.05, 4.69) is 4.98 Å². The van der Waals surface area contributed by atoms with E-state index in [1.807, 2.05) is 44.2 Å². The van der Waals surface area contributed by atoms with Crippen molar-refractivity contribution in [1.29, 1.82) is 0 Å². The molecule has 100 valence electrons. The highest BCUT2D eigenvalue weighted by Gasteiger charge is 2.10. The summed E-state index contributed by atoms with van der Waals surface area (Å²) in [5.74, 6) is 2.00. The Balaban J connectivity index is 2.36. The van der Waals surface area contributed by atoms with Gasteiger partial charge >= 0.3 is 0 Å². The van der Waals surface area contributed by atoms with Gasteiger partial charge in [0, 0.05) is 23.9 Å². The van der Waals surface area contributed by atoms with Crippen molar-refractivity contribution in [3.63, 3.8) is 0 Å². The zero-order chi connectivity index (χ0) is 13.8. The Kier molecular flexibility index (Phi) is 4.02. The molecular formula is C15H18N2O2. The molecule has 0 saturated heterocycles. The average Bonchev–Trinajstić information content (AvgIpc) is 2.38. The van der Waals surface area contributed by atoms with Gasteiger partial charge in [-0.15, -0.1) is 0 Å². The Bertz CT molecular complexity index is 582. The molecule has 0 spiro atoms. The summed E-state index contributed by atoms with van der Waals surface area (Å²) in [5.41, 5.74) is 8.69. The van der Waals surface area contributed by atoms with E-state index in [0.717, 1.165) is 22.6 Å². The Labute approximate surface area is 113 Å². The van der Waals surface area contributed by atoms with Gasteiger partial charge in [-0.3, -0.25) is 0 Å². The van der Waals surface area contributed by atoms with Crippen LogP contribution >= 0.6 is 0 Å². The first-order valence-corrected chi connectivity index (χ1v) is 6.13. The van der Waals surface area contributed by atoms with Gasteiger partial charge in [0.2, 0.25) is 5.88 Å². The number of nitrogens with two attached hydrogens (primary N) is 1. The number of benzene rings is 1. The van der Waals surface area contributed by atoms with Crippen LogP contribution in [0.5, 0.6) is 17.4 Å². The van der Waals surface area contributed by atoms with Crippen molar-refractivity contribution in [1.82, 2.24) is 4.98 Å². The van der Waals surface area contributed by atoms with Gasteiger partial charge in [0.25, 0.3) is 0 Å². The first kappa shape index (κ1) is 13.4. The van der Waals surface area contributed by atoms with E-state index in [1.165, 1.54) is 0 Å². The number of aromatic nitrogens is 1. The minimum absolute atomic E-state index is 0.401. The quantitative estimate of drug-likeness (QED) is 0.916. The molecule has 0 atom stereocenters. The van der Waals surface area contributed by atoms with Crippen LogP contribution in [0.4, 0.5) is 0 Å². The zero-order valence-corrected chi connectivity index (χ0v) is 11.4. The number of ether oxygens (including phenoxy) is 2. The van der Waals surface area contributed by atoms with Crippen LogP contribution in [0.1, 0.15) is 16.8 Å². The van der Waals surface area contributed by atoms with Gasteiger partial charge < -0.3 is 15.2 Å². The molecule has 1 aromatic carbocycles. The maximum atomic E-state index is 5.83. The summed E-state index contributed by atoms with van der Waals surface area (Å²) in [4.78, 5) is 4.41. The lowest BCUT2D eigenvalue weighted by molar-refractivity contribution is 0.406. The molecular weight excluding hydrogens is 240 g/mol. The number of aryl methyl sites for hydroxylation is 2. The Morgan fingerprint density at radius 1 is 1.16 bits per heavy atom. The average molecular weight is 258 g/mol. The second-order valence-corrected chi connectivity index (χ2v) is 4.35. The highest BCUT2D eigenvalue weighted by atomic mass is 16.5. The van der Waals surface area contributed by atoms with Crippen molar-refractivity contribution in [2.75, 3.05) is 7.11 Å². The summed E-state index contributed by atoms with van der Waals surface area (Å²) in [6.07, 6.45) is 0. The molecule has 4 heteroatoms. The molecule has 4 nitrogen and oxygen atoms in total. The van der Waals surface area contributed by atoms with E-state index in [-0.39, 0.29) is 0 Å². The Morgan fingerprint density at radius 3 is 2.58 bits per heavy atom. The fraction of sp³-hybridized carbons (Fsp3) is 0.267. The number of hydrogen-bond donors (Lipinski definition) is 1. The number of nitrogens with zero attached hydrogens (tertiary/aromatic N) is 1. The standard InChI is InChI=1S/C15H18N2O2/c1-10-7-11(2)17-15(14(10)9-16)19-13-6-4-5-12(8-13)18-3/h4-8H,9,16H2,1-3H3. The minimum Gasteiger partial charge on any atom is -0.497 e. The van der Waals surface area contributed by atoms with Crippen LogP contribution in [0.15, 0.2) is 30.3 Å². The summed E-state index contributed by atoms with van der Waals surface area (Å²) >= 11 is 0. The molecule has 1 aromatic heterocycles. The van der Waals surface area contributed by atoms with Gasteiger partial charge in [-0.05, 0) is 37.6 Å². The second kappa shape index (κ2) is 5.71. The predicted molar refractivity (Wildman–Crippen MR) is 74.7 cm³/mol. The molecule has 0 radical (unpaired) electrons. The van der Waals surface area contributed by atoms with E-state index in [9.17, 15) is 0 Å². The zero-order valence-electron chi connectivity index (χ0n) is 11.4. The third kappa shape index (κ3) is 3.03. The van der Waals surface area contributed by atoms with E-state index in [4.69, 9.17) is 15.2 Å². The van der Waals surface area contributed by atoms with Crippen LogP contribution in [0.2, 0.25) is 0 Å². The highest BCUT2D eigenvalue weighted by Crippen LogP contribution is 2.28. The molecule has 0 unspecified atom stereocenters. The van der Waals surface area contributed by atoms with Crippen molar-refractivity contribution < 1.29 is 9.47 Å². The topological polar surface area (TPSA) is 57.4 Å². The van der Waals surface area contributed by atoms with Crippen molar-refractivity contribution in [2.45, 2.75) is 20.4 Å². The lowest BCUT2D eigenvalue weighted by Gasteiger charge is -2.12. The molecule has 2 N–H and O–H groups in total. The highest BCUT2D eigenvalue weighted by molar-refractivity contribution is 5.40. The van der Waals surface area contributed by atoms with E-state index in [1.54, 1.807) is 7.11 Å². The number of methoxy groups -OCH3 is 1. The maximum absolute atomic E-state index is 5.83. The van der Waals surface area contributed by atoms with Crippen molar-refractivity contribution in [3.05, 3.63) is 47.2 Å². The van der Waals surface area contributed by atoms with Gasteiger partial charge in [-0.1, -0.05) is 6.07 Å². The smallest absolute Gasteiger partial charge is 0.224 e. The van der Waals surface area contributed by atoms with Crippen LogP contribution < -0.4 is 15.2 Å². The van der Waals surface area contributed by atoms with Gasteiger partial charge in [-0.2, -0.15) is 0 Å². The van der Waals surface area contributed by atoms with Crippen LogP contribution in [0, 0.1) is 13.8 Å². The maximum Gasteiger partial charge on any atom is 0.224 e. The third-order valence-corrected chi connectivity index (χ3v) is 2.90. The van der Waals surface area contributed by atoms with Gasteiger partial charge in [0.05, 0.1) is 7.11 Å². The molecule has 0 aliphatic heterocycles. The second-order valence-electron chi connectivity index (χ2n) is 4.35. The number of pyridine rings is 1. The van der Waals surface area contributed by atoms with Crippen LogP contribution in [-0.4, -0.2) is 12.1 Å². The number of hydrogen-bond acceptors (Lipinski definition) is 4. The summed E-state index contributed by atoms with van der Waals surface area (Å²) in [5, 5.41) is 0. The molecule has 0 fully saturated rings. The van der Waals surface area contributed by atoms with Crippen molar-refractivity contribution in [2.24, 2.45) is 5.73 Å². The van der Waals surface area contributed by atoms with Gasteiger partial charge in [0.1, 0.15) is 11.5 Å². The first-order chi connectivity index (χ1) is 9.13. The molecule has 1 heterocycles. The minimum atomic E-state index is 0.401. The lowest BCUT2D eigenvalue weighted by atomic mass is 10.1. The largest absolute Gasteiger partial charge is 0.497 e. The van der Waals surface area contributed by atoms with Gasteiger partial charge in [-0.25, -0.2) is 4.98 Å². The molecule has 19 heavy (non-hydrogen) atoms. The first-order valence-electron chi connectivity index (χ1n) is 6.13. The van der Waals surface area contributed by atoms with Gasteiger partial charge in [0.15, 0.2) is 0 Å². The van der Waals surface area contributed by atoms with Crippen LogP contribution in [0.3, 0.4) is 0 Å². The molecule has 0 saturated carbocycles. The summed E-state index contributed by atoms with van der Waals surface area (Å²) in [6, 6.07) is 9.42. The monoisotopic (exact) mass is 258 g/mol. The van der Waals surface area contributed by atoms with E-state index in [0.29, 0.717) is 18.2 Å². The normalized spacial score (nSPS) is 10.3. The fourth-order valence-corrected chi connectivity index (χ4v) is 1.94. The predicted octanol–water partition coefficient (Wildman–Crippen LogP) is 2.96. The lowest BCUT2D eigenvalue weighted by Crippen LogP contribution is -2.05. The molecule has 0 bridgehead atoms. The molecule has 0 amide bonds. The van der Waals surface area contributed by atoms with E-state index < -0.39 is 0 Å². The molecule has 0 aliphatic carbocycles. The van der Waals surface area contributed by atoms with E-state index >= 15 is 0 Å². The molecule has 2 rings (SSSR count). The van der Waals surface area contributed by atoms with Crippen molar-refractivity contribution >= 4 is 0 Å². The summed E-state index contributed by atoms with van der Waals surface area (Å²) in [6.45, 7) is 4.35. The van der Waals surface area contributed by atoms with Crippen molar-refractivity contribution in [3.8, 4) is 17.4 Å². The molecule has 0 aliphatic rings. The fourth-order valence-electron chi connectivity index (χ4n) is 1.94. The van der Waals surface area contributed by atoms with Crippen LogP contribution in [0.25, 0.3) is 0 Å². The SMILES string of the molecule is COc1cccc(Oc2nc(C)cc(C)c2CN)c1. The Hall–Kier alpha value is -2.07. The molecule has 2 aromatic rings. The third-order valence-electron chi connectivity index (χ3n) is 2.90. The Morgan fingerprint density at radius 2 is 1.89 bits per heavy atom. The summed E-state index contributed by atoms with van der Waals surface area (Å²) in [7, 11) is 1.62. The van der Waals surface area contributed by atoms with Crippen LogP contribution in [-0.2, 0) is 6.54 Å².